The van der Waals surface area contributed by atoms with Gasteiger partial charge in [-0.05, 0) is 25.7 Å². The fourth-order valence-corrected chi connectivity index (χ4v) is 1.42. The Labute approximate surface area is 97.6 Å². The summed E-state index contributed by atoms with van der Waals surface area (Å²) in [7, 11) is 0. The highest BCUT2D eigenvalue weighted by Gasteiger charge is 2.11. The Morgan fingerprint density at radius 1 is 0.933 bits per heavy atom. The molecule has 0 aromatic carbocycles. The first-order valence-electron chi connectivity index (χ1n) is 6.83. The molecule has 94 valence electrons. The third kappa shape index (κ3) is 11.9. The first kappa shape index (κ1) is 17.4. The van der Waals surface area contributed by atoms with Crippen molar-refractivity contribution in [1.82, 2.24) is 0 Å². The lowest BCUT2D eigenvalue weighted by atomic mass is 9.98. The molecule has 0 aliphatic rings. The van der Waals surface area contributed by atoms with E-state index in [4.69, 9.17) is 4.74 Å². The van der Waals surface area contributed by atoms with E-state index in [0.717, 1.165) is 18.9 Å². The zero-order valence-corrected chi connectivity index (χ0v) is 11.8. The van der Waals surface area contributed by atoms with Gasteiger partial charge in [0.25, 0.3) is 0 Å². The molecule has 0 aliphatic carbocycles. The molecule has 1 heteroatoms. The van der Waals surface area contributed by atoms with Crippen LogP contribution in [0.15, 0.2) is 0 Å². The lowest BCUT2D eigenvalue weighted by Crippen LogP contribution is -2.18. The van der Waals surface area contributed by atoms with Crippen LogP contribution >= 0.6 is 0 Å². The molecule has 0 rings (SSSR count). The predicted octanol–water partition coefficient (Wildman–Crippen LogP) is 5.04. The van der Waals surface area contributed by atoms with Crippen molar-refractivity contribution in [2.45, 2.75) is 79.8 Å². The maximum absolute atomic E-state index is 5.68. The van der Waals surface area contributed by atoms with E-state index in [2.05, 4.69) is 27.7 Å². The third-order valence-corrected chi connectivity index (χ3v) is 2.65. The highest BCUT2D eigenvalue weighted by atomic mass is 16.5. The van der Waals surface area contributed by atoms with E-state index < -0.39 is 0 Å². The summed E-state index contributed by atoms with van der Waals surface area (Å²) in [5, 5.41) is 0. The summed E-state index contributed by atoms with van der Waals surface area (Å²) in [6.45, 7) is 13.8. The number of rotatable bonds is 8. The molecule has 0 amide bonds. The Morgan fingerprint density at radius 3 is 2.00 bits per heavy atom. The van der Waals surface area contributed by atoms with E-state index in [9.17, 15) is 0 Å². The molecule has 0 saturated heterocycles. The summed E-state index contributed by atoms with van der Waals surface area (Å²) in [5.74, 6) is 0.720. The largest absolute Gasteiger partial charge is 0.378 e. The van der Waals surface area contributed by atoms with Crippen LogP contribution in [0, 0.1) is 5.92 Å². The minimum absolute atomic E-state index is 0.441. The summed E-state index contributed by atoms with van der Waals surface area (Å²) < 4.78 is 5.68. The van der Waals surface area contributed by atoms with Gasteiger partial charge in [-0.15, -0.1) is 0 Å². The molecule has 0 radical (unpaired) electrons. The van der Waals surface area contributed by atoms with Crippen LogP contribution in [-0.2, 0) is 4.74 Å². The molecule has 15 heavy (non-hydrogen) atoms. The summed E-state index contributed by atoms with van der Waals surface area (Å²) in [6.07, 6.45) is 6.93. The van der Waals surface area contributed by atoms with Crippen LogP contribution < -0.4 is 0 Å². The van der Waals surface area contributed by atoms with Crippen LogP contribution in [0.2, 0.25) is 0 Å². The van der Waals surface area contributed by atoms with Crippen molar-refractivity contribution < 1.29 is 4.74 Å². The van der Waals surface area contributed by atoms with Gasteiger partial charge < -0.3 is 4.74 Å². The van der Waals surface area contributed by atoms with Crippen molar-refractivity contribution in [2.75, 3.05) is 6.61 Å². The van der Waals surface area contributed by atoms with Crippen LogP contribution in [0.3, 0.4) is 0 Å². The lowest BCUT2D eigenvalue weighted by Gasteiger charge is -2.20. The van der Waals surface area contributed by atoms with E-state index in [-0.39, 0.29) is 0 Å². The van der Waals surface area contributed by atoms with Crippen LogP contribution in [-0.4, -0.2) is 12.7 Å². The van der Waals surface area contributed by atoms with Crippen LogP contribution in [0.25, 0.3) is 0 Å². The molecule has 0 N–H and O–H groups in total. The zero-order valence-electron chi connectivity index (χ0n) is 11.8. The molecule has 0 aliphatic heterocycles. The number of hydrogen-bond donors (Lipinski definition) is 0. The molecule has 0 aromatic heterocycles. The zero-order chi connectivity index (χ0) is 12.1. The van der Waals surface area contributed by atoms with Gasteiger partial charge in [0.15, 0.2) is 0 Å². The van der Waals surface area contributed by atoms with Crippen molar-refractivity contribution in [3.05, 3.63) is 0 Å². The standard InChI is InChI=1S/C12H26O.C2H6/c1-5-7-8-9-11(3)12(4)13-10-6-2;1-2/h11-12H,5-10H2,1-4H3;1-2H3. The first-order chi connectivity index (χ1) is 7.22. The van der Waals surface area contributed by atoms with Gasteiger partial charge in [0.1, 0.15) is 0 Å². The van der Waals surface area contributed by atoms with Crippen molar-refractivity contribution in [3.63, 3.8) is 0 Å². The number of ether oxygens (including phenoxy) is 1. The van der Waals surface area contributed by atoms with Crippen LogP contribution in [0.5, 0.6) is 0 Å². The van der Waals surface area contributed by atoms with Gasteiger partial charge in [0, 0.05) is 6.61 Å². The molecule has 0 bridgehead atoms. The SMILES string of the molecule is CC.CCCCCC(C)C(C)OCCC. The molecule has 0 spiro atoms. The van der Waals surface area contributed by atoms with Gasteiger partial charge in [-0.2, -0.15) is 0 Å². The minimum atomic E-state index is 0.441. The van der Waals surface area contributed by atoms with E-state index >= 15 is 0 Å². The minimum Gasteiger partial charge on any atom is -0.378 e. The second-order valence-corrected chi connectivity index (χ2v) is 4.05. The van der Waals surface area contributed by atoms with Crippen LogP contribution in [0.1, 0.15) is 73.6 Å². The van der Waals surface area contributed by atoms with Gasteiger partial charge in [-0.3, -0.25) is 0 Å². The average molecular weight is 216 g/mol. The third-order valence-electron chi connectivity index (χ3n) is 2.65. The van der Waals surface area contributed by atoms with Gasteiger partial charge in [-0.1, -0.05) is 53.9 Å². The van der Waals surface area contributed by atoms with Gasteiger partial charge >= 0.3 is 0 Å². The molecule has 0 saturated carbocycles. The molecule has 2 atom stereocenters. The second-order valence-electron chi connectivity index (χ2n) is 4.05. The normalized spacial score (nSPS) is 14.0. The van der Waals surface area contributed by atoms with Gasteiger partial charge in [0.05, 0.1) is 6.10 Å². The van der Waals surface area contributed by atoms with E-state index in [0.29, 0.717) is 6.10 Å². The molecule has 2 unspecified atom stereocenters. The summed E-state index contributed by atoms with van der Waals surface area (Å²) in [5.41, 5.74) is 0. The van der Waals surface area contributed by atoms with Gasteiger partial charge in [-0.25, -0.2) is 0 Å². The van der Waals surface area contributed by atoms with Crippen molar-refractivity contribution >= 4 is 0 Å². The van der Waals surface area contributed by atoms with Crippen molar-refractivity contribution in [1.29, 1.82) is 0 Å². The molecule has 1 nitrogen and oxygen atoms in total. The predicted molar refractivity (Wildman–Crippen MR) is 70.4 cm³/mol. The van der Waals surface area contributed by atoms with Crippen molar-refractivity contribution in [2.24, 2.45) is 5.92 Å². The van der Waals surface area contributed by atoms with E-state index in [1.54, 1.807) is 0 Å². The van der Waals surface area contributed by atoms with Crippen molar-refractivity contribution in [3.8, 4) is 0 Å². The Balaban J connectivity index is 0. The van der Waals surface area contributed by atoms with Crippen LogP contribution in [0.4, 0.5) is 0 Å². The quantitative estimate of drug-likeness (QED) is 0.516. The Hall–Kier alpha value is -0.0400. The maximum atomic E-state index is 5.68. The Morgan fingerprint density at radius 2 is 1.53 bits per heavy atom. The average Bonchev–Trinajstić information content (AvgIpc) is 2.28. The molecular formula is C14H32O. The molecule has 0 fully saturated rings. The first-order valence-corrected chi connectivity index (χ1v) is 6.83. The number of unbranched alkanes of at least 4 members (excludes halogenated alkanes) is 2. The van der Waals surface area contributed by atoms with E-state index in [1.807, 2.05) is 13.8 Å². The molecular weight excluding hydrogens is 184 g/mol. The Bertz CT molecular complexity index is 102. The fraction of sp³-hybridized carbons (Fsp3) is 1.00. The second kappa shape index (κ2) is 14.0. The summed E-state index contributed by atoms with van der Waals surface area (Å²) in [4.78, 5) is 0. The van der Waals surface area contributed by atoms with E-state index in [1.165, 1.54) is 25.7 Å². The smallest absolute Gasteiger partial charge is 0.0572 e. The fourth-order valence-electron chi connectivity index (χ4n) is 1.42. The Kier molecular flexibility index (Phi) is 16.2. The van der Waals surface area contributed by atoms with Gasteiger partial charge in [0.2, 0.25) is 0 Å². The maximum Gasteiger partial charge on any atom is 0.0572 e. The molecule has 0 aromatic rings. The summed E-state index contributed by atoms with van der Waals surface area (Å²) >= 11 is 0. The highest BCUT2D eigenvalue weighted by Crippen LogP contribution is 2.15. The summed E-state index contributed by atoms with van der Waals surface area (Å²) in [6, 6.07) is 0. The number of hydrogen-bond acceptors (Lipinski definition) is 1. The topological polar surface area (TPSA) is 9.23 Å². The molecule has 0 heterocycles. The highest BCUT2D eigenvalue weighted by molar-refractivity contribution is 4.61. The monoisotopic (exact) mass is 216 g/mol. The lowest BCUT2D eigenvalue weighted by molar-refractivity contribution is 0.0274.